The molecule has 0 aliphatic heterocycles. The van der Waals surface area contributed by atoms with Crippen LogP contribution in [0.15, 0.2) is 11.6 Å². The highest BCUT2D eigenvalue weighted by molar-refractivity contribution is 5.67. The topological polar surface area (TPSA) is 37.3 Å². The van der Waals surface area contributed by atoms with E-state index in [0.717, 1.165) is 42.4 Å². The number of unbranched alkanes of at least 4 members (excludes halogenated alkanes) is 1. The minimum atomic E-state index is -0.614. The third kappa shape index (κ3) is 4.02. The van der Waals surface area contributed by atoms with Crippen LogP contribution in [-0.4, -0.2) is 11.1 Å². The molecule has 170 valence electrons. The maximum Gasteiger partial charge on any atom is 0.303 e. The van der Waals surface area contributed by atoms with Crippen LogP contribution in [0.25, 0.3) is 0 Å². The second kappa shape index (κ2) is 8.62. The van der Waals surface area contributed by atoms with Crippen molar-refractivity contribution >= 4 is 5.97 Å². The van der Waals surface area contributed by atoms with Crippen LogP contribution in [-0.2, 0) is 4.79 Å². The predicted octanol–water partition coefficient (Wildman–Crippen LogP) is 7.87. The van der Waals surface area contributed by atoms with Crippen molar-refractivity contribution in [3.63, 3.8) is 0 Å². The van der Waals surface area contributed by atoms with Gasteiger partial charge in [-0.25, -0.2) is 0 Å². The van der Waals surface area contributed by atoms with E-state index in [9.17, 15) is 9.90 Å². The zero-order valence-corrected chi connectivity index (χ0v) is 20.1. The molecule has 0 radical (unpaired) electrons. The van der Waals surface area contributed by atoms with Crippen LogP contribution < -0.4 is 0 Å². The Hall–Kier alpha value is -0.790. The van der Waals surface area contributed by atoms with Crippen molar-refractivity contribution in [3.05, 3.63) is 11.6 Å². The van der Waals surface area contributed by atoms with E-state index in [1.807, 2.05) is 0 Å². The van der Waals surface area contributed by atoms with Crippen molar-refractivity contribution in [2.75, 3.05) is 0 Å². The number of allylic oxidation sites excluding steroid dienone is 2. The molecule has 7 atom stereocenters. The smallest absolute Gasteiger partial charge is 0.303 e. The molecule has 4 aliphatic rings. The molecule has 0 heterocycles. The SMILES string of the molecule is CC(C)CCCCC1CCC2C3CC=C4CC(CC(=O)O)CCC4(C)C3CCC12C. The molecule has 0 spiro atoms. The monoisotopic (exact) mass is 414 g/mol. The van der Waals surface area contributed by atoms with Gasteiger partial charge in [0.2, 0.25) is 0 Å². The first kappa shape index (κ1) is 22.4. The number of hydrogen-bond donors (Lipinski definition) is 1. The zero-order valence-electron chi connectivity index (χ0n) is 20.1. The maximum atomic E-state index is 11.2. The Morgan fingerprint density at radius 2 is 1.90 bits per heavy atom. The molecule has 0 amide bonds. The molecule has 4 aliphatic carbocycles. The number of carbonyl (C=O) groups is 1. The molecular formula is C28H46O2. The predicted molar refractivity (Wildman–Crippen MR) is 124 cm³/mol. The van der Waals surface area contributed by atoms with Crippen LogP contribution in [0.5, 0.6) is 0 Å². The number of rotatable bonds is 7. The maximum absolute atomic E-state index is 11.2. The highest BCUT2D eigenvalue weighted by atomic mass is 16.4. The second-order valence-electron chi connectivity index (χ2n) is 12.5. The molecule has 0 saturated heterocycles. The lowest BCUT2D eigenvalue weighted by molar-refractivity contribution is -0.138. The van der Waals surface area contributed by atoms with Crippen molar-refractivity contribution in [1.29, 1.82) is 0 Å². The normalized spacial score (nSPS) is 43.0. The average molecular weight is 415 g/mol. The van der Waals surface area contributed by atoms with E-state index in [1.165, 1.54) is 64.2 Å². The Labute approximate surface area is 185 Å². The minimum absolute atomic E-state index is 0.356. The Balaban J connectivity index is 1.44. The molecule has 3 saturated carbocycles. The molecule has 3 fully saturated rings. The van der Waals surface area contributed by atoms with Gasteiger partial charge >= 0.3 is 5.97 Å². The summed E-state index contributed by atoms with van der Waals surface area (Å²) in [5, 5.41) is 9.25. The Morgan fingerprint density at radius 1 is 1.10 bits per heavy atom. The van der Waals surface area contributed by atoms with Crippen LogP contribution in [0.1, 0.15) is 111 Å². The van der Waals surface area contributed by atoms with Crippen LogP contribution in [0, 0.1) is 46.3 Å². The average Bonchev–Trinajstić information content (AvgIpc) is 3.01. The Bertz CT molecular complexity index is 664. The summed E-state index contributed by atoms with van der Waals surface area (Å²) in [7, 11) is 0. The highest BCUT2D eigenvalue weighted by Gasteiger charge is 2.58. The van der Waals surface area contributed by atoms with E-state index in [0.29, 0.717) is 23.2 Å². The Kier molecular flexibility index (Phi) is 6.44. The first-order valence-electron chi connectivity index (χ1n) is 13.2. The third-order valence-corrected chi connectivity index (χ3v) is 10.4. The summed E-state index contributed by atoms with van der Waals surface area (Å²) in [6.07, 6.45) is 19.1. The molecule has 2 heteroatoms. The lowest BCUT2D eigenvalue weighted by atomic mass is 9.47. The summed E-state index contributed by atoms with van der Waals surface area (Å²) < 4.78 is 0. The molecule has 4 rings (SSSR count). The summed E-state index contributed by atoms with van der Waals surface area (Å²) in [5.74, 6) is 4.22. The molecule has 2 nitrogen and oxygen atoms in total. The quantitative estimate of drug-likeness (QED) is 0.340. The molecule has 30 heavy (non-hydrogen) atoms. The van der Waals surface area contributed by atoms with E-state index in [1.54, 1.807) is 5.57 Å². The van der Waals surface area contributed by atoms with Crippen LogP contribution in [0.4, 0.5) is 0 Å². The fourth-order valence-corrected chi connectivity index (χ4v) is 8.68. The van der Waals surface area contributed by atoms with Crippen molar-refractivity contribution < 1.29 is 9.90 Å². The van der Waals surface area contributed by atoms with Crippen LogP contribution in [0.2, 0.25) is 0 Å². The fourth-order valence-electron chi connectivity index (χ4n) is 8.68. The van der Waals surface area contributed by atoms with E-state index >= 15 is 0 Å². The molecule has 0 aromatic rings. The van der Waals surface area contributed by atoms with Gasteiger partial charge in [0.1, 0.15) is 0 Å². The first-order valence-corrected chi connectivity index (χ1v) is 13.2. The summed E-state index contributed by atoms with van der Waals surface area (Å²) in [6.45, 7) is 9.93. The molecular weight excluding hydrogens is 368 g/mol. The van der Waals surface area contributed by atoms with Gasteiger partial charge in [-0.3, -0.25) is 4.79 Å². The second-order valence-corrected chi connectivity index (χ2v) is 12.5. The van der Waals surface area contributed by atoms with Gasteiger partial charge in [-0.05, 0) is 104 Å². The standard InChI is InChI=1S/C28H46O2/c1-19(2)7-5-6-8-21-10-12-24-23-11-9-22-17-20(18-26(29)30)13-15-28(22,4)25(23)14-16-27(21,24)3/h9,19-21,23-25H,5-8,10-18H2,1-4H3,(H,29,30). The number of carboxylic acid groups (broad SMARTS) is 1. The van der Waals surface area contributed by atoms with E-state index in [2.05, 4.69) is 33.8 Å². The summed E-state index contributed by atoms with van der Waals surface area (Å²) in [6, 6.07) is 0. The number of aliphatic carboxylic acids is 1. The fraction of sp³-hybridized carbons (Fsp3) is 0.893. The zero-order chi connectivity index (χ0) is 21.5. The molecule has 0 aromatic heterocycles. The number of fused-ring (bicyclic) bond motifs is 5. The van der Waals surface area contributed by atoms with E-state index in [4.69, 9.17) is 0 Å². The third-order valence-electron chi connectivity index (χ3n) is 10.4. The minimum Gasteiger partial charge on any atom is -0.481 e. The first-order chi connectivity index (χ1) is 14.2. The summed E-state index contributed by atoms with van der Waals surface area (Å²) in [4.78, 5) is 11.2. The number of hydrogen-bond acceptors (Lipinski definition) is 1. The molecule has 7 unspecified atom stereocenters. The van der Waals surface area contributed by atoms with Gasteiger partial charge in [-0.1, -0.05) is 58.6 Å². The van der Waals surface area contributed by atoms with Crippen molar-refractivity contribution in [1.82, 2.24) is 0 Å². The van der Waals surface area contributed by atoms with Gasteiger partial charge in [0.15, 0.2) is 0 Å². The van der Waals surface area contributed by atoms with Gasteiger partial charge in [0, 0.05) is 6.42 Å². The summed E-state index contributed by atoms with van der Waals surface area (Å²) >= 11 is 0. The molecule has 0 bridgehead atoms. The van der Waals surface area contributed by atoms with Crippen LogP contribution in [0.3, 0.4) is 0 Å². The lowest BCUT2D eigenvalue weighted by Gasteiger charge is -2.58. The van der Waals surface area contributed by atoms with Gasteiger partial charge < -0.3 is 5.11 Å². The van der Waals surface area contributed by atoms with E-state index in [-0.39, 0.29) is 0 Å². The van der Waals surface area contributed by atoms with Gasteiger partial charge in [-0.2, -0.15) is 0 Å². The molecule has 1 N–H and O–H groups in total. The molecule has 0 aromatic carbocycles. The van der Waals surface area contributed by atoms with Crippen molar-refractivity contribution in [2.24, 2.45) is 46.3 Å². The van der Waals surface area contributed by atoms with Crippen molar-refractivity contribution in [3.8, 4) is 0 Å². The summed E-state index contributed by atoms with van der Waals surface area (Å²) in [5.41, 5.74) is 2.57. The van der Waals surface area contributed by atoms with Gasteiger partial charge in [0.05, 0.1) is 0 Å². The lowest BCUT2D eigenvalue weighted by Crippen LogP contribution is -2.50. The van der Waals surface area contributed by atoms with E-state index < -0.39 is 5.97 Å². The van der Waals surface area contributed by atoms with Crippen molar-refractivity contribution in [2.45, 2.75) is 111 Å². The van der Waals surface area contributed by atoms with Crippen LogP contribution >= 0.6 is 0 Å². The highest BCUT2D eigenvalue weighted by Crippen LogP contribution is 2.67. The Morgan fingerprint density at radius 3 is 2.63 bits per heavy atom. The number of carboxylic acids is 1. The largest absolute Gasteiger partial charge is 0.481 e. The van der Waals surface area contributed by atoms with Gasteiger partial charge in [0.25, 0.3) is 0 Å². The van der Waals surface area contributed by atoms with Gasteiger partial charge in [-0.15, -0.1) is 0 Å².